The van der Waals surface area contributed by atoms with Crippen LogP contribution in [0.15, 0.2) is 103 Å². The minimum Gasteiger partial charge on any atom is -0.508 e. The summed E-state index contributed by atoms with van der Waals surface area (Å²) in [5.41, 5.74) is 2.50. The van der Waals surface area contributed by atoms with Crippen molar-refractivity contribution in [3.8, 4) is 28.4 Å². The molecule has 2 unspecified atom stereocenters. The Morgan fingerprint density at radius 1 is 0.677 bits per heavy atom. The minimum absolute atomic E-state index is 0.194. The molecule has 1 heterocycles. The lowest BCUT2D eigenvalue weighted by molar-refractivity contribution is 0.473. The third kappa shape index (κ3) is 4.21. The predicted octanol–water partition coefficient (Wildman–Crippen LogP) is 6.51. The largest absolute Gasteiger partial charge is 0.508 e. The summed E-state index contributed by atoms with van der Waals surface area (Å²) < 4.78 is 20.0. The highest BCUT2D eigenvalue weighted by atomic mass is 31.2. The van der Waals surface area contributed by atoms with E-state index in [1.807, 2.05) is 61.5 Å². The van der Waals surface area contributed by atoms with Crippen LogP contribution in [0.2, 0.25) is 0 Å². The van der Waals surface area contributed by atoms with Gasteiger partial charge in [0, 0.05) is 5.56 Å². The Morgan fingerprint density at radius 2 is 1.23 bits per heavy atom. The molecule has 156 valence electrons. The lowest BCUT2D eigenvalue weighted by Crippen LogP contribution is -2.21. The van der Waals surface area contributed by atoms with Gasteiger partial charge >= 0.3 is 0 Å². The predicted molar refractivity (Wildman–Crippen MR) is 124 cm³/mol. The Labute approximate surface area is 181 Å². The smallest absolute Gasteiger partial charge is 0.284 e. The fourth-order valence-corrected chi connectivity index (χ4v) is 6.12. The van der Waals surface area contributed by atoms with Gasteiger partial charge in [-0.1, -0.05) is 66.7 Å². The molecular formula is C26H23O4P. The summed E-state index contributed by atoms with van der Waals surface area (Å²) >= 11 is 0. The molecule has 4 aromatic carbocycles. The number of rotatable bonds is 2. The maximum absolute atomic E-state index is 13.9. The topological polar surface area (TPSA) is 66.8 Å². The molecule has 0 bridgehead atoms. The van der Waals surface area contributed by atoms with E-state index in [4.69, 9.17) is 9.63 Å². The van der Waals surface area contributed by atoms with Gasteiger partial charge in [-0.25, -0.2) is 0 Å². The molecule has 0 fully saturated rings. The number of hydrogen-bond acceptors (Lipinski definition) is 4. The Kier molecular flexibility index (Phi) is 5.83. The van der Waals surface area contributed by atoms with E-state index < -0.39 is 7.37 Å². The number of aromatic hydroxyl groups is 2. The van der Waals surface area contributed by atoms with E-state index in [2.05, 4.69) is 0 Å². The van der Waals surface area contributed by atoms with Crippen LogP contribution in [0.25, 0.3) is 11.1 Å². The number of para-hydroxylation sites is 2. The van der Waals surface area contributed by atoms with E-state index in [0.717, 1.165) is 22.0 Å². The molecule has 0 spiro atoms. The van der Waals surface area contributed by atoms with Crippen molar-refractivity contribution in [2.45, 2.75) is 12.6 Å². The summed E-state index contributed by atoms with van der Waals surface area (Å²) in [5.74, 6) is 1.17. The number of hydrogen-bond donors (Lipinski definition) is 2. The van der Waals surface area contributed by atoms with Gasteiger partial charge in [0.05, 0.1) is 11.0 Å². The Morgan fingerprint density at radius 3 is 1.87 bits per heavy atom. The highest BCUT2D eigenvalue weighted by molar-refractivity contribution is 7.68. The molecule has 0 amide bonds. The lowest BCUT2D eigenvalue weighted by Gasteiger charge is -2.32. The third-order valence-electron chi connectivity index (χ3n) is 5.29. The zero-order valence-electron chi connectivity index (χ0n) is 17.1. The van der Waals surface area contributed by atoms with Crippen molar-refractivity contribution < 1.29 is 19.3 Å². The van der Waals surface area contributed by atoms with Crippen LogP contribution in [0.3, 0.4) is 0 Å². The molecule has 0 aliphatic carbocycles. The van der Waals surface area contributed by atoms with Gasteiger partial charge in [-0.2, -0.15) is 0 Å². The summed E-state index contributed by atoms with van der Waals surface area (Å²) in [6, 6.07) is 31.0. The van der Waals surface area contributed by atoms with Crippen LogP contribution in [0.1, 0.15) is 18.1 Å². The normalized spacial score (nSPS) is 17.2. The van der Waals surface area contributed by atoms with Gasteiger partial charge in [0.25, 0.3) is 7.37 Å². The first kappa shape index (κ1) is 20.8. The third-order valence-corrected chi connectivity index (χ3v) is 8.14. The van der Waals surface area contributed by atoms with Gasteiger partial charge in [0.2, 0.25) is 0 Å². The summed E-state index contributed by atoms with van der Waals surface area (Å²) in [7, 11) is -3.15. The zero-order valence-corrected chi connectivity index (χ0v) is 17.9. The number of phenols is 2. The maximum atomic E-state index is 13.9. The first-order valence-electron chi connectivity index (χ1n) is 10.0. The molecule has 2 N–H and O–H groups in total. The molecule has 2 atom stereocenters. The molecular weight excluding hydrogens is 407 g/mol. The van der Waals surface area contributed by atoms with Crippen LogP contribution in [0.4, 0.5) is 0 Å². The molecule has 5 rings (SSSR count). The SMILES string of the molecule is CC(c1ccc(O)cc1)P1(=O)Oc2ccccc2-c2ccccc21.Oc1ccccc1. The van der Waals surface area contributed by atoms with Crippen LogP contribution in [-0.2, 0) is 4.57 Å². The average Bonchev–Trinajstić information content (AvgIpc) is 2.80. The number of benzene rings is 4. The van der Waals surface area contributed by atoms with Crippen LogP contribution < -0.4 is 9.83 Å². The second-order valence-corrected chi connectivity index (χ2v) is 9.94. The Balaban J connectivity index is 0.000000282. The van der Waals surface area contributed by atoms with Crippen molar-refractivity contribution in [1.29, 1.82) is 0 Å². The van der Waals surface area contributed by atoms with Gasteiger partial charge in [0.1, 0.15) is 17.2 Å². The molecule has 1 aliphatic rings. The van der Waals surface area contributed by atoms with Gasteiger partial charge in [-0.15, -0.1) is 0 Å². The Bertz CT molecular complexity index is 1220. The lowest BCUT2D eigenvalue weighted by atomic mass is 10.0. The van der Waals surface area contributed by atoms with Crippen molar-refractivity contribution in [3.63, 3.8) is 0 Å². The first-order chi connectivity index (χ1) is 15.0. The van der Waals surface area contributed by atoms with Crippen molar-refractivity contribution in [1.82, 2.24) is 0 Å². The van der Waals surface area contributed by atoms with E-state index >= 15 is 0 Å². The van der Waals surface area contributed by atoms with Gasteiger partial charge in [-0.3, -0.25) is 4.57 Å². The molecule has 1 aliphatic heterocycles. The monoisotopic (exact) mass is 430 g/mol. The van der Waals surface area contributed by atoms with Crippen molar-refractivity contribution in [2.75, 3.05) is 0 Å². The summed E-state index contributed by atoms with van der Waals surface area (Å²) in [5, 5.41) is 18.9. The van der Waals surface area contributed by atoms with Crippen molar-refractivity contribution in [2.24, 2.45) is 0 Å². The molecule has 4 nitrogen and oxygen atoms in total. The average molecular weight is 430 g/mol. The molecule has 0 radical (unpaired) electrons. The molecule has 0 saturated carbocycles. The standard InChI is InChI=1S/C20H17O3P.C6H6O/c1-14(15-10-12-16(21)13-11-15)24(22)20-9-5-3-7-18(20)17-6-2-4-8-19(17)23-24;7-6-4-2-1-3-5-6/h2-14,21H,1H3;1-5,7H. The van der Waals surface area contributed by atoms with Crippen LogP contribution in [-0.4, -0.2) is 10.2 Å². The van der Waals surface area contributed by atoms with E-state index in [9.17, 15) is 9.67 Å². The second-order valence-electron chi connectivity index (χ2n) is 7.30. The molecule has 0 aromatic heterocycles. The number of phenolic OH excluding ortho intramolecular Hbond substituents is 2. The van der Waals surface area contributed by atoms with E-state index in [1.165, 1.54) is 0 Å². The summed E-state index contributed by atoms with van der Waals surface area (Å²) in [4.78, 5) is 0. The highest BCUT2D eigenvalue weighted by Gasteiger charge is 2.41. The minimum atomic E-state index is -3.15. The van der Waals surface area contributed by atoms with Crippen LogP contribution in [0.5, 0.6) is 17.2 Å². The summed E-state index contributed by atoms with van der Waals surface area (Å²) in [6.07, 6.45) is 0. The van der Waals surface area contributed by atoms with Crippen LogP contribution in [0, 0.1) is 0 Å². The zero-order chi connectivity index (χ0) is 21.8. The molecule has 4 aromatic rings. The maximum Gasteiger partial charge on any atom is 0.284 e. The van der Waals surface area contributed by atoms with Gasteiger partial charge in [-0.05, 0) is 54.4 Å². The van der Waals surface area contributed by atoms with Crippen molar-refractivity contribution in [3.05, 3.63) is 109 Å². The van der Waals surface area contributed by atoms with Gasteiger partial charge < -0.3 is 14.7 Å². The first-order valence-corrected chi connectivity index (χ1v) is 11.7. The quantitative estimate of drug-likeness (QED) is 0.356. The number of fused-ring (bicyclic) bond motifs is 3. The summed E-state index contributed by atoms with van der Waals surface area (Å²) in [6.45, 7) is 1.91. The van der Waals surface area contributed by atoms with E-state index in [1.54, 1.807) is 48.5 Å². The second kappa shape index (κ2) is 8.71. The highest BCUT2D eigenvalue weighted by Crippen LogP contribution is 2.63. The molecule has 0 saturated heterocycles. The molecule has 31 heavy (non-hydrogen) atoms. The van der Waals surface area contributed by atoms with E-state index in [0.29, 0.717) is 11.5 Å². The fraction of sp³-hybridized carbons (Fsp3) is 0.0769. The van der Waals surface area contributed by atoms with E-state index in [-0.39, 0.29) is 11.4 Å². The molecule has 5 heteroatoms. The van der Waals surface area contributed by atoms with Crippen molar-refractivity contribution >= 4 is 12.7 Å². The fourth-order valence-electron chi connectivity index (χ4n) is 3.60. The van der Waals surface area contributed by atoms with Gasteiger partial charge in [0.15, 0.2) is 0 Å². The Hall–Kier alpha value is -3.49. The van der Waals surface area contributed by atoms with Crippen LogP contribution >= 0.6 is 7.37 Å².